The molecule has 0 spiro atoms. The van der Waals surface area contributed by atoms with Crippen LogP contribution >= 0.6 is 0 Å². The summed E-state index contributed by atoms with van der Waals surface area (Å²) in [5.74, 6) is 0.128. The Morgan fingerprint density at radius 3 is 2.75 bits per heavy atom. The van der Waals surface area contributed by atoms with E-state index in [1.54, 1.807) is 6.92 Å². The number of hydrogen-bond donors (Lipinski definition) is 1. The molecular weight excluding hydrogens is 178 g/mol. The van der Waals surface area contributed by atoms with E-state index < -0.39 is 10.0 Å². The molecule has 0 aromatic carbocycles. The fourth-order valence-corrected chi connectivity index (χ4v) is 2.89. The van der Waals surface area contributed by atoms with Crippen molar-refractivity contribution >= 4 is 10.0 Å². The molecule has 0 bridgehead atoms. The van der Waals surface area contributed by atoms with Crippen LogP contribution in [0.15, 0.2) is 0 Å². The highest BCUT2D eigenvalue weighted by atomic mass is 32.2. The smallest absolute Gasteiger partial charge is 0.214 e. The Bertz CT molecular complexity index is 237. The zero-order chi connectivity index (χ0) is 9.19. The molecule has 4 nitrogen and oxygen atoms in total. The molecule has 1 aliphatic heterocycles. The Balaban J connectivity index is 2.74. The first kappa shape index (κ1) is 9.95. The van der Waals surface area contributed by atoms with Crippen LogP contribution in [0.4, 0.5) is 0 Å². The van der Waals surface area contributed by atoms with Gasteiger partial charge in [-0.3, -0.25) is 0 Å². The van der Waals surface area contributed by atoms with Gasteiger partial charge in [-0.25, -0.2) is 8.42 Å². The predicted octanol–water partition coefficient (Wildman–Crippen LogP) is -0.207. The van der Waals surface area contributed by atoms with Crippen LogP contribution in [-0.4, -0.2) is 42.8 Å². The van der Waals surface area contributed by atoms with Gasteiger partial charge in [-0.1, -0.05) is 0 Å². The SMILES string of the molecule is CCS(=O)(=O)N1CCC[C@@H]1CO. The molecule has 1 rings (SSSR count). The molecule has 0 aromatic heterocycles. The van der Waals surface area contributed by atoms with Crippen LogP contribution in [0.3, 0.4) is 0 Å². The van der Waals surface area contributed by atoms with Crippen molar-refractivity contribution in [2.24, 2.45) is 0 Å². The summed E-state index contributed by atoms with van der Waals surface area (Å²) in [5.41, 5.74) is 0. The first-order chi connectivity index (χ1) is 5.61. The quantitative estimate of drug-likeness (QED) is 0.675. The van der Waals surface area contributed by atoms with Gasteiger partial charge in [-0.05, 0) is 19.8 Å². The van der Waals surface area contributed by atoms with E-state index in [0.717, 1.165) is 12.8 Å². The molecular formula is C7H15NO3S. The zero-order valence-electron chi connectivity index (χ0n) is 7.23. The number of sulfonamides is 1. The summed E-state index contributed by atoms with van der Waals surface area (Å²) in [7, 11) is -3.09. The first-order valence-corrected chi connectivity index (χ1v) is 5.83. The molecule has 0 aromatic rings. The second-order valence-corrected chi connectivity index (χ2v) is 5.20. The minimum absolute atomic E-state index is 0.0563. The van der Waals surface area contributed by atoms with Gasteiger partial charge in [0.1, 0.15) is 0 Å². The number of hydrogen-bond acceptors (Lipinski definition) is 3. The maximum absolute atomic E-state index is 11.4. The summed E-state index contributed by atoms with van der Waals surface area (Å²) < 4.78 is 24.2. The van der Waals surface area contributed by atoms with Crippen LogP contribution in [0.5, 0.6) is 0 Å². The van der Waals surface area contributed by atoms with E-state index in [4.69, 9.17) is 5.11 Å². The summed E-state index contributed by atoms with van der Waals surface area (Å²) >= 11 is 0. The number of rotatable bonds is 3. The first-order valence-electron chi connectivity index (χ1n) is 4.22. The third-order valence-electron chi connectivity index (χ3n) is 2.26. The second kappa shape index (κ2) is 3.72. The largest absolute Gasteiger partial charge is 0.395 e. The van der Waals surface area contributed by atoms with E-state index in [9.17, 15) is 8.42 Å². The molecule has 0 unspecified atom stereocenters. The highest BCUT2D eigenvalue weighted by Crippen LogP contribution is 2.20. The Morgan fingerprint density at radius 2 is 2.25 bits per heavy atom. The molecule has 1 N–H and O–H groups in total. The van der Waals surface area contributed by atoms with Gasteiger partial charge < -0.3 is 5.11 Å². The molecule has 12 heavy (non-hydrogen) atoms. The normalized spacial score (nSPS) is 26.3. The topological polar surface area (TPSA) is 57.6 Å². The van der Waals surface area contributed by atoms with Crippen molar-refractivity contribution in [2.45, 2.75) is 25.8 Å². The Hall–Kier alpha value is -0.130. The standard InChI is InChI=1S/C7H15NO3S/c1-2-12(10,11)8-5-3-4-7(8)6-9/h7,9H,2-6H2,1H3/t7-/m1/s1. The highest BCUT2D eigenvalue weighted by molar-refractivity contribution is 7.89. The van der Waals surface area contributed by atoms with Crippen LogP contribution in [0.25, 0.3) is 0 Å². The molecule has 0 radical (unpaired) electrons. The summed E-state index contributed by atoms with van der Waals surface area (Å²) in [6.07, 6.45) is 1.65. The van der Waals surface area contributed by atoms with Gasteiger partial charge >= 0.3 is 0 Å². The van der Waals surface area contributed by atoms with E-state index in [1.165, 1.54) is 4.31 Å². The fourth-order valence-electron chi connectivity index (χ4n) is 1.52. The lowest BCUT2D eigenvalue weighted by Gasteiger charge is -2.21. The van der Waals surface area contributed by atoms with Gasteiger partial charge in [0.25, 0.3) is 0 Å². The number of nitrogens with zero attached hydrogens (tertiary/aromatic N) is 1. The summed E-state index contributed by atoms with van der Waals surface area (Å²) in [4.78, 5) is 0. The van der Waals surface area contributed by atoms with Gasteiger partial charge in [0, 0.05) is 12.6 Å². The number of aliphatic hydroxyl groups excluding tert-OH is 1. The molecule has 1 fully saturated rings. The molecule has 5 heteroatoms. The van der Waals surface area contributed by atoms with Crippen LogP contribution in [0, 0.1) is 0 Å². The van der Waals surface area contributed by atoms with Gasteiger partial charge in [-0.15, -0.1) is 0 Å². The monoisotopic (exact) mass is 193 g/mol. The van der Waals surface area contributed by atoms with Crippen LogP contribution < -0.4 is 0 Å². The molecule has 72 valence electrons. The van der Waals surface area contributed by atoms with Crippen molar-refractivity contribution in [3.63, 3.8) is 0 Å². The molecule has 0 amide bonds. The lowest BCUT2D eigenvalue weighted by atomic mass is 10.2. The average Bonchev–Trinajstić information content (AvgIpc) is 2.52. The summed E-state index contributed by atoms with van der Waals surface area (Å²) in [5, 5.41) is 8.89. The lowest BCUT2D eigenvalue weighted by molar-refractivity contribution is 0.213. The van der Waals surface area contributed by atoms with Crippen molar-refractivity contribution in [2.75, 3.05) is 18.9 Å². The predicted molar refractivity (Wildman–Crippen MR) is 46.3 cm³/mol. The fraction of sp³-hybridized carbons (Fsp3) is 1.00. The minimum atomic E-state index is -3.09. The molecule has 1 aliphatic rings. The van der Waals surface area contributed by atoms with Gasteiger partial charge in [0.2, 0.25) is 10.0 Å². The van der Waals surface area contributed by atoms with Gasteiger partial charge in [0.15, 0.2) is 0 Å². The molecule has 1 saturated heterocycles. The summed E-state index contributed by atoms with van der Waals surface area (Å²) in [6.45, 7) is 2.14. The Labute approximate surface area is 73.2 Å². The van der Waals surface area contributed by atoms with Crippen molar-refractivity contribution in [1.82, 2.24) is 4.31 Å². The van der Waals surface area contributed by atoms with Crippen LogP contribution in [-0.2, 0) is 10.0 Å². The maximum atomic E-state index is 11.4. The van der Waals surface area contributed by atoms with E-state index in [0.29, 0.717) is 6.54 Å². The molecule has 0 saturated carbocycles. The van der Waals surface area contributed by atoms with Crippen LogP contribution in [0.1, 0.15) is 19.8 Å². The van der Waals surface area contributed by atoms with Crippen molar-refractivity contribution in [3.05, 3.63) is 0 Å². The second-order valence-electron chi connectivity index (χ2n) is 2.99. The molecule has 1 heterocycles. The van der Waals surface area contributed by atoms with Crippen molar-refractivity contribution < 1.29 is 13.5 Å². The van der Waals surface area contributed by atoms with Gasteiger partial charge in [-0.2, -0.15) is 4.31 Å². The van der Waals surface area contributed by atoms with E-state index in [1.807, 2.05) is 0 Å². The van der Waals surface area contributed by atoms with Crippen LogP contribution in [0.2, 0.25) is 0 Å². The third kappa shape index (κ3) is 1.78. The van der Waals surface area contributed by atoms with Crippen molar-refractivity contribution in [1.29, 1.82) is 0 Å². The number of aliphatic hydroxyl groups is 1. The Kier molecular flexibility index (Phi) is 3.09. The Morgan fingerprint density at radius 1 is 1.58 bits per heavy atom. The van der Waals surface area contributed by atoms with E-state index in [2.05, 4.69) is 0 Å². The van der Waals surface area contributed by atoms with E-state index >= 15 is 0 Å². The maximum Gasteiger partial charge on any atom is 0.214 e. The van der Waals surface area contributed by atoms with Gasteiger partial charge in [0.05, 0.1) is 12.4 Å². The highest BCUT2D eigenvalue weighted by Gasteiger charge is 2.32. The summed E-state index contributed by atoms with van der Waals surface area (Å²) in [6, 6.07) is -0.171. The molecule has 1 atom stereocenters. The molecule has 0 aliphatic carbocycles. The van der Waals surface area contributed by atoms with E-state index in [-0.39, 0.29) is 18.4 Å². The minimum Gasteiger partial charge on any atom is -0.395 e. The average molecular weight is 193 g/mol. The van der Waals surface area contributed by atoms with Crippen molar-refractivity contribution in [3.8, 4) is 0 Å². The lowest BCUT2D eigenvalue weighted by Crippen LogP contribution is -2.38. The zero-order valence-corrected chi connectivity index (χ0v) is 8.05. The third-order valence-corrected chi connectivity index (χ3v) is 4.18.